The number of nitrogens with one attached hydrogen (secondary N) is 2. The van der Waals surface area contributed by atoms with E-state index in [1.165, 1.54) is 6.33 Å². The summed E-state index contributed by atoms with van der Waals surface area (Å²) in [6.45, 7) is 1.12. The number of rotatable bonds is 4. The van der Waals surface area contributed by atoms with E-state index in [0.717, 1.165) is 0 Å². The van der Waals surface area contributed by atoms with Crippen molar-refractivity contribution >= 4 is 28.4 Å². The molecule has 4 N–H and O–H groups in total. The normalized spacial score (nSPS) is 11.5. The van der Waals surface area contributed by atoms with Crippen LogP contribution in [-0.2, 0) is 0 Å². The number of hydrogen-bond acceptors (Lipinski definition) is 5. The highest BCUT2D eigenvalue weighted by Crippen LogP contribution is 2.15. The van der Waals surface area contributed by atoms with Crippen LogP contribution in [0.3, 0.4) is 0 Å². The van der Waals surface area contributed by atoms with Crippen LogP contribution in [0.5, 0.6) is 0 Å². The van der Waals surface area contributed by atoms with E-state index < -0.39 is 5.54 Å². The lowest BCUT2D eigenvalue weighted by Gasteiger charge is -2.26. The van der Waals surface area contributed by atoms with Gasteiger partial charge >= 0.3 is 0 Å². The summed E-state index contributed by atoms with van der Waals surface area (Å²) >= 11 is 1.85. The van der Waals surface area contributed by atoms with Crippen molar-refractivity contribution in [3.8, 4) is 0 Å². The molecule has 84 valence electrons. The minimum absolute atomic E-state index is 0.256. The van der Waals surface area contributed by atoms with Crippen molar-refractivity contribution in [2.45, 2.75) is 12.5 Å². The van der Waals surface area contributed by atoms with Crippen LogP contribution in [0.25, 0.3) is 0 Å². The van der Waals surface area contributed by atoms with Gasteiger partial charge in [0.05, 0.1) is 25.1 Å². The molecule has 0 saturated carbocycles. The first-order valence-electron chi connectivity index (χ1n) is 4.25. The molecule has 0 aliphatic carbocycles. The van der Waals surface area contributed by atoms with Crippen molar-refractivity contribution in [3.63, 3.8) is 0 Å². The van der Waals surface area contributed by atoms with Gasteiger partial charge in [-0.05, 0) is 29.5 Å². The second-order valence-corrected chi connectivity index (χ2v) is 4.47. The van der Waals surface area contributed by atoms with Gasteiger partial charge in [0.1, 0.15) is 9.39 Å². The van der Waals surface area contributed by atoms with Crippen LogP contribution in [0.15, 0.2) is 11.1 Å². The molecule has 1 aromatic rings. The topological polar surface area (TPSA) is 98.2 Å². The molecule has 0 aromatic carbocycles. The summed E-state index contributed by atoms with van der Waals surface area (Å²) in [4.78, 5) is 17.6. The number of nitrogens with zero attached hydrogens (tertiary/aromatic N) is 1. The maximum Gasteiger partial charge on any atom is 0.266 e. The summed E-state index contributed by atoms with van der Waals surface area (Å²) in [5.41, 5.74) is -1.15. The highest BCUT2D eigenvalue weighted by molar-refractivity contribution is 14.1. The number of hydrogen-bond donors (Lipinski definition) is 4. The third-order valence-electron chi connectivity index (χ3n) is 1.91. The van der Waals surface area contributed by atoms with Crippen LogP contribution in [0.2, 0.25) is 0 Å². The number of anilines is 1. The lowest BCUT2D eigenvalue weighted by atomic mass is 10.1. The van der Waals surface area contributed by atoms with Crippen LogP contribution in [0.4, 0.5) is 5.82 Å². The summed E-state index contributed by atoms with van der Waals surface area (Å²) in [7, 11) is 0. The van der Waals surface area contributed by atoms with E-state index >= 15 is 0 Å². The number of aromatic nitrogens is 2. The van der Waals surface area contributed by atoms with E-state index in [4.69, 9.17) is 10.2 Å². The molecule has 0 fully saturated rings. The van der Waals surface area contributed by atoms with Gasteiger partial charge in [-0.25, -0.2) is 4.98 Å². The zero-order valence-corrected chi connectivity index (χ0v) is 10.3. The Hall–Kier alpha value is -0.670. The molecule has 7 heteroatoms. The van der Waals surface area contributed by atoms with Gasteiger partial charge in [0.2, 0.25) is 0 Å². The molecular formula is C8H12IN3O3. The van der Waals surface area contributed by atoms with Crippen molar-refractivity contribution in [2.24, 2.45) is 0 Å². The average Bonchev–Trinajstić information content (AvgIpc) is 2.25. The molecule has 0 bridgehead atoms. The fraction of sp³-hybridized carbons (Fsp3) is 0.500. The van der Waals surface area contributed by atoms with Gasteiger partial charge < -0.3 is 20.5 Å². The first-order valence-corrected chi connectivity index (χ1v) is 5.33. The second-order valence-electron chi connectivity index (χ2n) is 3.40. The number of aliphatic hydroxyl groups is 2. The van der Waals surface area contributed by atoms with Crippen LogP contribution >= 0.6 is 22.6 Å². The zero-order valence-electron chi connectivity index (χ0n) is 8.12. The van der Waals surface area contributed by atoms with E-state index in [-0.39, 0.29) is 18.8 Å². The predicted octanol–water partition coefficient (Wildman–Crippen LogP) is -0.470. The van der Waals surface area contributed by atoms with Gasteiger partial charge in [0.15, 0.2) is 0 Å². The van der Waals surface area contributed by atoms with E-state index in [9.17, 15) is 4.79 Å². The third kappa shape index (κ3) is 2.89. The maximum absolute atomic E-state index is 11.2. The van der Waals surface area contributed by atoms with Crippen molar-refractivity contribution in [3.05, 3.63) is 20.3 Å². The Morgan fingerprint density at radius 2 is 2.20 bits per heavy atom. The molecule has 0 amide bonds. The highest BCUT2D eigenvalue weighted by atomic mass is 127. The zero-order chi connectivity index (χ0) is 11.5. The quantitative estimate of drug-likeness (QED) is 0.561. The van der Waals surface area contributed by atoms with E-state index in [2.05, 4.69) is 15.3 Å². The minimum atomic E-state index is -0.888. The molecule has 15 heavy (non-hydrogen) atoms. The van der Waals surface area contributed by atoms with Crippen molar-refractivity contribution in [1.82, 2.24) is 9.97 Å². The molecule has 0 saturated heterocycles. The highest BCUT2D eigenvalue weighted by Gasteiger charge is 2.23. The van der Waals surface area contributed by atoms with Crippen molar-refractivity contribution in [2.75, 3.05) is 18.5 Å². The molecule has 0 radical (unpaired) electrons. The van der Waals surface area contributed by atoms with Crippen molar-refractivity contribution < 1.29 is 10.2 Å². The minimum Gasteiger partial charge on any atom is -0.394 e. The predicted molar refractivity (Wildman–Crippen MR) is 63.8 cm³/mol. The lowest BCUT2D eigenvalue weighted by molar-refractivity contribution is 0.147. The van der Waals surface area contributed by atoms with E-state index in [1.54, 1.807) is 6.92 Å². The van der Waals surface area contributed by atoms with Crippen LogP contribution in [-0.4, -0.2) is 38.9 Å². The Kier molecular flexibility index (Phi) is 4.05. The fourth-order valence-electron chi connectivity index (χ4n) is 0.885. The molecule has 0 spiro atoms. The summed E-state index contributed by atoms with van der Waals surface area (Å²) in [6, 6.07) is 0. The smallest absolute Gasteiger partial charge is 0.266 e. The Bertz CT molecular complexity index is 389. The van der Waals surface area contributed by atoms with Crippen LogP contribution in [0.1, 0.15) is 6.92 Å². The molecule has 0 aliphatic heterocycles. The Balaban J connectivity index is 2.99. The van der Waals surface area contributed by atoms with Crippen LogP contribution < -0.4 is 10.9 Å². The standard InChI is InChI=1S/C8H12IN3O3/c1-8(2-13,3-14)12-6-5(9)7(15)11-4-10-6/h4,13-14H,2-3H2,1H3,(H2,10,11,12,15). The summed E-state index contributed by atoms with van der Waals surface area (Å²) in [5, 5.41) is 21.0. The molecule has 0 atom stereocenters. The summed E-state index contributed by atoms with van der Waals surface area (Å²) in [6.07, 6.45) is 1.27. The molecule has 0 aliphatic rings. The second kappa shape index (κ2) is 4.90. The molecule has 6 nitrogen and oxygen atoms in total. The Morgan fingerprint density at radius 3 is 2.73 bits per heavy atom. The van der Waals surface area contributed by atoms with E-state index in [0.29, 0.717) is 9.39 Å². The van der Waals surface area contributed by atoms with Crippen molar-refractivity contribution in [1.29, 1.82) is 0 Å². The first-order chi connectivity index (χ1) is 7.02. The third-order valence-corrected chi connectivity index (χ3v) is 2.92. The summed E-state index contributed by atoms with van der Waals surface area (Å²) in [5.74, 6) is 0.352. The molecule has 1 heterocycles. The van der Waals surface area contributed by atoms with Gasteiger partial charge in [-0.3, -0.25) is 4.79 Å². The van der Waals surface area contributed by atoms with E-state index in [1.807, 2.05) is 22.6 Å². The number of aromatic amines is 1. The van der Waals surface area contributed by atoms with Gasteiger partial charge in [0.25, 0.3) is 5.56 Å². The summed E-state index contributed by atoms with van der Waals surface area (Å²) < 4.78 is 0.392. The first kappa shape index (κ1) is 12.4. The maximum atomic E-state index is 11.2. The fourth-order valence-corrected chi connectivity index (χ4v) is 1.31. The van der Waals surface area contributed by atoms with Gasteiger partial charge in [-0.15, -0.1) is 0 Å². The number of aliphatic hydroxyl groups excluding tert-OH is 2. The number of halogens is 1. The van der Waals surface area contributed by atoms with Gasteiger partial charge in [-0.2, -0.15) is 0 Å². The monoisotopic (exact) mass is 325 g/mol. The Morgan fingerprint density at radius 1 is 1.60 bits per heavy atom. The van der Waals surface area contributed by atoms with Gasteiger partial charge in [0, 0.05) is 0 Å². The number of H-pyrrole nitrogens is 1. The van der Waals surface area contributed by atoms with Crippen LogP contribution in [0, 0.1) is 3.57 Å². The largest absolute Gasteiger partial charge is 0.394 e. The van der Waals surface area contributed by atoms with Gasteiger partial charge in [-0.1, -0.05) is 0 Å². The molecule has 1 rings (SSSR count). The Labute approximate surface area is 99.9 Å². The lowest BCUT2D eigenvalue weighted by Crippen LogP contribution is -2.43. The SMILES string of the molecule is CC(CO)(CO)Nc1nc[nH]c(=O)c1I. The average molecular weight is 325 g/mol. The molecule has 0 unspecified atom stereocenters. The molecular weight excluding hydrogens is 313 g/mol. The molecule has 1 aromatic heterocycles.